The SMILES string of the molecule is CN(Cc1cc(C(C)(C)C)cc(C(C)(C)C)c1[O-])Cc1cc(C(C)(C)C)cc(C(C)(C)C)c1[O-].CN(Cc1cc(C(C)(C)C)cc(C(C)(C)C)c1[O-])Cc1cc(C(C)(C)C)cc(C(C)(C)C)c1[O-].[Zn+2].[Zn+2]. The van der Waals surface area contributed by atoms with Crippen LogP contribution in [0.1, 0.15) is 233 Å². The van der Waals surface area contributed by atoms with Crippen LogP contribution in [0.2, 0.25) is 0 Å². The Hall–Kier alpha value is -2.75. The van der Waals surface area contributed by atoms with Gasteiger partial charge in [-0.05, 0) is 124 Å². The smallest absolute Gasteiger partial charge is 0.872 e. The van der Waals surface area contributed by atoms with Gasteiger partial charge in [0.15, 0.2) is 0 Å². The Kier molecular flexibility index (Phi) is 21.2. The molecule has 0 spiro atoms. The van der Waals surface area contributed by atoms with Gasteiger partial charge in [0.2, 0.25) is 0 Å². The summed E-state index contributed by atoms with van der Waals surface area (Å²) in [6.45, 7) is 53.4. The molecule has 0 bridgehead atoms. The van der Waals surface area contributed by atoms with Gasteiger partial charge in [-0.3, -0.25) is 9.80 Å². The summed E-state index contributed by atoms with van der Waals surface area (Å²) in [7, 11) is 4.00. The largest absolute Gasteiger partial charge is 2.00 e. The topological polar surface area (TPSA) is 98.7 Å². The first kappa shape index (κ1) is 65.3. The van der Waals surface area contributed by atoms with Crippen molar-refractivity contribution < 1.29 is 59.4 Å². The summed E-state index contributed by atoms with van der Waals surface area (Å²) in [5, 5.41) is 53.7. The zero-order chi connectivity index (χ0) is 52.9. The second-order valence-electron chi connectivity index (χ2n) is 28.4. The maximum atomic E-state index is 13.4. The Bertz CT molecular complexity index is 2060. The normalized spacial score (nSPS) is 13.2. The van der Waals surface area contributed by atoms with Crippen molar-refractivity contribution in [1.29, 1.82) is 0 Å². The van der Waals surface area contributed by atoms with Gasteiger partial charge in [-0.15, -0.1) is 23.0 Å². The van der Waals surface area contributed by atoms with E-state index in [1.165, 1.54) is 22.3 Å². The molecule has 0 aliphatic heterocycles. The van der Waals surface area contributed by atoms with E-state index in [9.17, 15) is 20.4 Å². The van der Waals surface area contributed by atoms with Gasteiger partial charge in [0, 0.05) is 26.2 Å². The minimum Gasteiger partial charge on any atom is -0.872 e. The summed E-state index contributed by atoms with van der Waals surface area (Å²) in [6, 6.07) is 16.6. The average Bonchev–Trinajstić information content (AvgIpc) is 3.11. The fourth-order valence-electron chi connectivity index (χ4n) is 8.46. The van der Waals surface area contributed by atoms with Crippen molar-refractivity contribution in [3.63, 3.8) is 0 Å². The van der Waals surface area contributed by atoms with E-state index in [-0.39, 0.29) is 105 Å². The third kappa shape index (κ3) is 17.2. The molecule has 0 aliphatic rings. The second kappa shape index (κ2) is 22.8. The number of benzene rings is 4. The molecule has 0 saturated heterocycles. The molecule has 0 amide bonds. The summed E-state index contributed by atoms with van der Waals surface area (Å²) in [6.07, 6.45) is 0. The van der Waals surface area contributed by atoms with Crippen LogP contribution in [0.5, 0.6) is 23.0 Å². The van der Waals surface area contributed by atoms with Crippen molar-refractivity contribution in [1.82, 2.24) is 9.80 Å². The van der Waals surface area contributed by atoms with Gasteiger partial charge in [0.25, 0.3) is 0 Å². The second-order valence-corrected chi connectivity index (χ2v) is 28.4. The third-order valence-corrected chi connectivity index (χ3v) is 13.1. The van der Waals surface area contributed by atoms with Crippen LogP contribution < -0.4 is 20.4 Å². The molecule has 4 aromatic carbocycles. The van der Waals surface area contributed by atoms with E-state index in [0.29, 0.717) is 26.2 Å². The van der Waals surface area contributed by atoms with Crippen molar-refractivity contribution in [2.24, 2.45) is 0 Å². The molecule has 380 valence electrons. The monoisotopic (exact) mass is 1060 g/mol. The third-order valence-electron chi connectivity index (χ3n) is 13.1. The molecule has 0 heterocycles. The summed E-state index contributed by atoms with van der Waals surface area (Å²) in [5.41, 5.74) is 10.2. The molecule has 70 heavy (non-hydrogen) atoms. The molecule has 0 saturated carbocycles. The summed E-state index contributed by atoms with van der Waals surface area (Å²) in [4.78, 5) is 4.20. The standard InChI is InChI=1S/2C31H49NO2.2Zn/c2*1-28(2,3)22-14-20(26(33)24(16-22)30(7,8)9)18-32(13)19-21-15-23(29(4,5)6)17-25(27(21)34)31(10,11)12;;/h2*14-17,33-34H,18-19H2,1-13H3;;/q;;2*+2/p-4. The predicted octanol–water partition coefficient (Wildman–Crippen LogP) is 13.3. The van der Waals surface area contributed by atoms with Crippen molar-refractivity contribution in [3.8, 4) is 23.0 Å². The van der Waals surface area contributed by atoms with Crippen LogP contribution in [0.3, 0.4) is 0 Å². The van der Waals surface area contributed by atoms with Crippen molar-refractivity contribution >= 4 is 0 Å². The first-order chi connectivity index (χ1) is 30.2. The number of hydrogen-bond acceptors (Lipinski definition) is 6. The van der Waals surface area contributed by atoms with Crippen LogP contribution in [0.15, 0.2) is 48.5 Å². The molecule has 4 rings (SSSR count). The Balaban J connectivity index is 0.000000681. The van der Waals surface area contributed by atoms with Crippen LogP contribution in [0.4, 0.5) is 0 Å². The molecule has 0 fully saturated rings. The molecule has 0 N–H and O–H groups in total. The Morgan fingerprint density at radius 1 is 0.271 bits per heavy atom. The molecule has 4 aromatic rings. The van der Waals surface area contributed by atoms with E-state index in [1.807, 2.05) is 14.1 Å². The number of rotatable bonds is 8. The summed E-state index contributed by atoms with van der Waals surface area (Å²) in [5.74, 6) is 0.476. The average molecular weight is 1060 g/mol. The van der Waals surface area contributed by atoms with E-state index in [1.54, 1.807) is 0 Å². The molecular weight excluding hydrogens is 967 g/mol. The van der Waals surface area contributed by atoms with E-state index >= 15 is 0 Å². The van der Waals surface area contributed by atoms with Gasteiger partial charge in [0.1, 0.15) is 0 Å². The molecule has 0 radical (unpaired) electrons. The van der Waals surface area contributed by atoms with Crippen LogP contribution >= 0.6 is 0 Å². The van der Waals surface area contributed by atoms with E-state index in [4.69, 9.17) is 0 Å². The zero-order valence-electron chi connectivity index (χ0n) is 49.4. The van der Waals surface area contributed by atoms with Crippen molar-refractivity contribution in [2.75, 3.05) is 14.1 Å². The zero-order valence-corrected chi connectivity index (χ0v) is 55.3. The van der Waals surface area contributed by atoms with Gasteiger partial charge < -0.3 is 20.4 Å². The summed E-state index contributed by atoms with van der Waals surface area (Å²) >= 11 is 0. The molecular formula is C62H94N2O4Zn2. The summed E-state index contributed by atoms with van der Waals surface area (Å²) < 4.78 is 0. The van der Waals surface area contributed by atoms with Crippen molar-refractivity contribution in [3.05, 3.63) is 115 Å². The van der Waals surface area contributed by atoms with Gasteiger partial charge in [0.05, 0.1) is 0 Å². The maximum Gasteiger partial charge on any atom is 2.00 e. The van der Waals surface area contributed by atoms with Gasteiger partial charge in [-0.2, -0.15) is 0 Å². The van der Waals surface area contributed by atoms with E-state index in [2.05, 4.69) is 225 Å². The minimum absolute atomic E-state index is 0. The van der Waals surface area contributed by atoms with Crippen LogP contribution in [0.25, 0.3) is 0 Å². The minimum atomic E-state index is -0.226. The van der Waals surface area contributed by atoms with Gasteiger partial charge in [-0.1, -0.05) is 215 Å². The molecule has 0 unspecified atom stereocenters. The number of nitrogens with zero attached hydrogens (tertiary/aromatic N) is 2. The first-order valence-electron chi connectivity index (χ1n) is 25.0. The Labute approximate surface area is 454 Å². The fourth-order valence-corrected chi connectivity index (χ4v) is 8.46. The molecule has 0 aromatic heterocycles. The number of hydrogen-bond donors (Lipinski definition) is 0. The van der Waals surface area contributed by atoms with Crippen LogP contribution in [-0.4, -0.2) is 23.9 Å². The fraction of sp³-hybridized carbons (Fsp3) is 0.613. The van der Waals surface area contributed by atoms with Crippen LogP contribution in [-0.2, 0) is 108 Å². The van der Waals surface area contributed by atoms with E-state index < -0.39 is 0 Å². The maximum absolute atomic E-state index is 13.4. The Morgan fingerprint density at radius 2 is 0.414 bits per heavy atom. The molecule has 6 nitrogen and oxygen atoms in total. The molecule has 8 heteroatoms. The predicted molar refractivity (Wildman–Crippen MR) is 283 cm³/mol. The molecule has 0 aliphatic carbocycles. The van der Waals surface area contributed by atoms with Crippen LogP contribution in [0, 0.1) is 0 Å². The first-order valence-corrected chi connectivity index (χ1v) is 25.0. The van der Waals surface area contributed by atoms with Crippen molar-refractivity contribution in [2.45, 2.75) is 236 Å². The molecule has 0 atom stereocenters. The quantitative estimate of drug-likeness (QED) is 0.163. The van der Waals surface area contributed by atoms with Gasteiger partial charge >= 0.3 is 39.0 Å². The van der Waals surface area contributed by atoms with Gasteiger partial charge in [-0.25, -0.2) is 0 Å². The Morgan fingerprint density at radius 3 is 0.529 bits per heavy atom. The van der Waals surface area contributed by atoms with E-state index in [0.717, 1.165) is 44.5 Å².